The molecule has 0 radical (unpaired) electrons. The minimum absolute atomic E-state index is 0.331. The number of aryl methyl sites for hydroxylation is 1. The summed E-state index contributed by atoms with van der Waals surface area (Å²) in [5, 5.41) is 7.86. The fourth-order valence-electron chi connectivity index (χ4n) is 2.59. The van der Waals surface area contributed by atoms with Crippen LogP contribution in [0.25, 0.3) is 0 Å². The van der Waals surface area contributed by atoms with E-state index >= 15 is 0 Å². The van der Waals surface area contributed by atoms with Crippen molar-refractivity contribution in [2.45, 2.75) is 39.6 Å². The van der Waals surface area contributed by atoms with E-state index in [-0.39, 0.29) is 0 Å². The third-order valence-corrected chi connectivity index (χ3v) is 3.89. The van der Waals surface area contributed by atoms with Crippen LogP contribution < -0.4 is 10.1 Å². The second kappa shape index (κ2) is 8.44. The van der Waals surface area contributed by atoms with Gasteiger partial charge in [0, 0.05) is 25.0 Å². The summed E-state index contributed by atoms with van der Waals surface area (Å²) < 4.78 is 7.81. The summed E-state index contributed by atoms with van der Waals surface area (Å²) in [5.74, 6) is 0.861. The summed E-state index contributed by atoms with van der Waals surface area (Å²) in [6.07, 6.45) is 5.72. The Labute approximate surface area is 148 Å². The van der Waals surface area contributed by atoms with Crippen molar-refractivity contribution in [2.24, 2.45) is 0 Å². The fourth-order valence-corrected chi connectivity index (χ4v) is 2.59. The Balaban J connectivity index is 1.49. The molecule has 1 aromatic carbocycles. The molecule has 0 aliphatic rings. The molecule has 0 saturated carbocycles. The van der Waals surface area contributed by atoms with Gasteiger partial charge in [-0.05, 0) is 49.2 Å². The highest BCUT2D eigenvalue weighted by molar-refractivity contribution is 5.28. The molecule has 25 heavy (non-hydrogen) atoms. The molecule has 5 nitrogen and oxygen atoms in total. The number of hydrogen-bond donors (Lipinski definition) is 1. The lowest BCUT2D eigenvalue weighted by molar-refractivity contribution is 0.301. The maximum absolute atomic E-state index is 5.83. The highest BCUT2D eigenvalue weighted by Crippen LogP contribution is 2.15. The van der Waals surface area contributed by atoms with Gasteiger partial charge in [0.05, 0.1) is 18.4 Å². The molecule has 1 N–H and O–H groups in total. The van der Waals surface area contributed by atoms with E-state index in [1.807, 2.05) is 41.2 Å². The number of nitrogens with zero attached hydrogens (tertiary/aromatic N) is 3. The summed E-state index contributed by atoms with van der Waals surface area (Å²) in [6.45, 7) is 6.34. The van der Waals surface area contributed by atoms with Crippen molar-refractivity contribution in [3.63, 3.8) is 0 Å². The molecule has 130 valence electrons. The molecule has 0 bridgehead atoms. The molecule has 3 rings (SSSR count). The average Bonchev–Trinajstić information content (AvgIpc) is 3.04. The Bertz CT molecular complexity index is 785. The zero-order valence-electron chi connectivity index (χ0n) is 14.7. The molecule has 3 aromatic rings. The van der Waals surface area contributed by atoms with Crippen molar-refractivity contribution in [1.82, 2.24) is 20.1 Å². The lowest BCUT2D eigenvalue weighted by atomic mass is 10.2. The molecule has 0 aliphatic carbocycles. The van der Waals surface area contributed by atoms with Crippen LogP contribution in [0.1, 0.15) is 23.7 Å². The molecule has 0 saturated heterocycles. The van der Waals surface area contributed by atoms with Crippen LogP contribution in [0.4, 0.5) is 0 Å². The SMILES string of the molecule is Cc1cnn(C[C@@H](C)NCc2cccc(OCc3ccccn3)c2)c1. The van der Waals surface area contributed by atoms with Gasteiger partial charge in [0.1, 0.15) is 12.4 Å². The molecule has 0 aliphatic heterocycles. The van der Waals surface area contributed by atoms with Crippen molar-refractivity contribution in [3.05, 3.63) is 77.9 Å². The molecular formula is C20H24N4O. The van der Waals surface area contributed by atoms with Gasteiger partial charge in [-0.15, -0.1) is 0 Å². The van der Waals surface area contributed by atoms with E-state index in [9.17, 15) is 0 Å². The van der Waals surface area contributed by atoms with Gasteiger partial charge < -0.3 is 10.1 Å². The van der Waals surface area contributed by atoms with Crippen LogP contribution in [-0.4, -0.2) is 20.8 Å². The van der Waals surface area contributed by atoms with Crippen LogP contribution in [0.2, 0.25) is 0 Å². The van der Waals surface area contributed by atoms with Crippen LogP contribution in [0.5, 0.6) is 5.75 Å². The monoisotopic (exact) mass is 336 g/mol. The zero-order chi connectivity index (χ0) is 17.5. The van der Waals surface area contributed by atoms with Crippen molar-refractivity contribution in [3.8, 4) is 5.75 Å². The maximum atomic E-state index is 5.83. The number of ether oxygens (including phenoxy) is 1. The number of rotatable bonds is 8. The van der Waals surface area contributed by atoms with Gasteiger partial charge in [0.2, 0.25) is 0 Å². The van der Waals surface area contributed by atoms with E-state index in [0.29, 0.717) is 12.6 Å². The van der Waals surface area contributed by atoms with Crippen LogP contribution in [0, 0.1) is 6.92 Å². The Morgan fingerprint density at radius 3 is 2.88 bits per heavy atom. The van der Waals surface area contributed by atoms with Crippen molar-refractivity contribution in [1.29, 1.82) is 0 Å². The molecule has 0 fully saturated rings. The molecule has 0 unspecified atom stereocenters. The Hall–Kier alpha value is -2.66. The summed E-state index contributed by atoms with van der Waals surface area (Å²) in [4.78, 5) is 4.27. The summed E-state index contributed by atoms with van der Waals surface area (Å²) in [7, 11) is 0. The third-order valence-electron chi connectivity index (χ3n) is 3.89. The Morgan fingerprint density at radius 2 is 2.12 bits per heavy atom. The van der Waals surface area contributed by atoms with Crippen molar-refractivity contribution < 1.29 is 4.74 Å². The van der Waals surface area contributed by atoms with Crippen LogP contribution in [0.3, 0.4) is 0 Å². The smallest absolute Gasteiger partial charge is 0.130 e. The van der Waals surface area contributed by atoms with E-state index in [0.717, 1.165) is 24.5 Å². The summed E-state index contributed by atoms with van der Waals surface area (Å²) in [5.41, 5.74) is 3.31. The van der Waals surface area contributed by atoms with Gasteiger partial charge in [-0.1, -0.05) is 18.2 Å². The van der Waals surface area contributed by atoms with E-state index < -0.39 is 0 Å². The number of hydrogen-bond acceptors (Lipinski definition) is 4. The largest absolute Gasteiger partial charge is 0.487 e. The minimum Gasteiger partial charge on any atom is -0.487 e. The van der Waals surface area contributed by atoms with E-state index in [1.165, 1.54) is 11.1 Å². The molecule has 0 amide bonds. The molecule has 0 spiro atoms. The maximum Gasteiger partial charge on any atom is 0.130 e. The van der Waals surface area contributed by atoms with Crippen molar-refractivity contribution in [2.75, 3.05) is 0 Å². The second-order valence-corrected chi connectivity index (χ2v) is 6.28. The first-order chi connectivity index (χ1) is 12.2. The van der Waals surface area contributed by atoms with E-state index in [4.69, 9.17) is 4.74 Å². The number of aromatic nitrogens is 3. The molecule has 5 heteroatoms. The highest BCUT2D eigenvalue weighted by Gasteiger charge is 2.05. The van der Waals surface area contributed by atoms with Gasteiger partial charge >= 0.3 is 0 Å². The summed E-state index contributed by atoms with van der Waals surface area (Å²) in [6, 6.07) is 14.3. The third kappa shape index (κ3) is 5.43. The quantitative estimate of drug-likeness (QED) is 0.685. The molecule has 2 aromatic heterocycles. The van der Waals surface area contributed by atoms with Gasteiger partial charge in [-0.25, -0.2) is 0 Å². The first-order valence-corrected chi connectivity index (χ1v) is 8.53. The van der Waals surface area contributed by atoms with Crippen molar-refractivity contribution >= 4 is 0 Å². The molecule has 1 atom stereocenters. The van der Waals surface area contributed by atoms with E-state index in [2.05, 4.69) is 47.6 Å². The molecule has 2 heterocycles. The first kappa shape index (κ1) is 17.2. The van der Waals surface area contributed by atoms with E-state index in [1.54, 1.807) is 6.20 Å². The minimum atomic E-state index is 0.331. The van der Waals surface area contributed by atoms with Gasteiger partial charge in [-0.3, -0.25) is 9.67 Å². The number of benzene rings is 1. The standard InChI is InChI=1S/C20H24N4O/c1-16-11-23-24(13-16)14-17(2)22-12-18-6-5-8-20(10-18)25-15-19-7-3-4-9-21-19/h3-11,13,17,22H,12,14-15H2,1-2H3/t17-/m1/s1. The van der Waals surface area contributed by atoms with Crippen LogP contribution in [-0.2, 0) is 19.7 Å². The first-order valence-electron chi connectivity index (χ1n) is 8.53. The zero-order valence-corrected chi connectivity index (χ0v) is 14.7. The van der Waals surface area contributed by atoms with Crippen LogP contribution in [0.15, 0.2) is 61.1 Å². The normalized spacial score (nSPS) is 12.1. The Morgan fingerprint density at radius 1 is 1.20 bits per heavy atom. The fraction of sp³-hybridized carbons (Fsp3) is 0.300. The lowest BCUT2D eigenvalue weighted by Crippen LogP contribution is -2.30. The number of nitrogens with one attached hydrogen (secondary N) is 1. The van der Waals surface area contributed by atoms with Gasteiger partial charge in [0.15, 0.2) is 0 Å². The van der Waals surface area contributed by atoms with Gasteiger partial charge in [0.25, 0.3) is 0 Å². The molecular weight excluding hydrogens is 312 g/mol. The average molecular weight is 336 g/mol. The summed E-state index contributed by atoms with van der Waals surface area (Å²) >= 11 is 0. The highest BCUT2D eigenvalue weighted by atomic mass is 16.5. The predicted octanol–water partition coefficient (Wildman–Crippen LogP) is 3.34. The Kier molecular flexibility index (Phi) is 5.80. The lowest BCUT2D eigenvalue weighted by Gasteiger charge is -2.14. The number of pyridine rings is 1. The van der Waals surface area contributed by atoms with Crippen LogP contribution >= 0.6 is 0 Å². The topological polar surface area (TPSA) is 52.0 Å². The van der Waals surface area contributed by atoms with Gasteiger partial charge in [-0.2, -0.15) is 5.10 Å². The second-order valence-electron chi connectivity index (χ2n) is 6.28. The predicted molar refractivity (Wildman–Crippen MR) is 98.3 cm³/mol.